The van der Waals surface area contributed by atoms with Crippen molar-refractivity contribution in [3.8, 4) is 0 Å². The van der Waals surface area contributed by atoms with Crippen LogP contribution in [-0.2, 0) is 13.5 Å². The molecular formula is C14H25N3O. The molecule has 0 aromatic carbocycles. The van der Waals surface area contributed by atoms with E-state index in [-0.39, 0.29) is 6.61 Å². The van der Waals surface area contributed by atoms with E-state index in [1.54, 1.807) is 0 Å². The summed E-state index contributed by atoms with van der Waals surface area (Å²) in [7, 11) is 1.97. The second kappa shape index (κ2) is 5.85. The smallest absolute Gasteiger partial charge is 0.0671 e. The summed E-state index contributed by atoms with van der Waals surface area (Å²) in [4.78, 5) is 2.54. The van der Waals surface area contributed by atoms with E-state index in [4.69, 9.17) is 5.11 Å². The van der Waals surface area contributed by atoms with Crippen molar-refractivity contribution in [2.24, 2.45) is 7.05 Å². The molecule has 2 rings (SSSR count). The van der Waals surface area contributed by atoms with Gasteiger partial charge in [-0.25, -0.2) is 0 Å². The summed E-state index contributed by atoms with van der Waals surface area (Å²) < 4.78 is 1.92. The quantitative estimate of drug-likeness (QED) is 0.882. The molecule has 0 radical (unpaired) electrons. The maximum atomic E-state index is 9.03. The van der Waals surface area contributed by atoms with Crippen molar-refractivity contribution in [3.63, 3.8) is 0 Å². The second-order valence-electron chi connectivity index (χ2n) is 5.59. The molecule has 2 heterocycles. The Bertz CT molecular complexity index is 386. The molecular weight excluding hydrogens is 226 g/mol. The summed E-state index contributed by atoms with van der Waals surface area (Å²) in [6.45, 7) is 7.05. The molecule has 1 fully saturated rings. The minimum absolute atomic E-state index is 0.196. The topological polar surface area (TPSA) is 41.3 Å². The number of aliphatic hydroxyl groups is 1. The summed E-state index contributed by atoms with van der Waals surface area (Å²) in [5.41, 5.74) is 2.33. The SMILES string of the molecule is CC(C)N1CCCC(c2cc(CCO)n(C)n2)C1. The molecule has 4 nitrogen and oxygen atoms in total. The summed E-state index contributed by atoms with van der Waals surface area (Å²) in [6.07, 6.45) is 3.19. The number of nitrogens with zero attached hydrogens (tertiary/aromatic N) is 3. The van der Waals surface area contributed by atoms with Crippen molar-refractivity contribution < 1.29 is 5.11 Å². The molecule has 1 aromatic heterocycles. The largest absolute Gasteiger partial charge is 0.396 e. The first kappa shape index (κ1) is 13.6. The lowest BCUT2D eigenvalue weighted by molar-refractivity contribution is 0.166. The zero-order valence-electron chi connectivity index (χ0n) is 11.8. The van der Waals surface area contributed by atoms with Gasteiger partial charge in [0.25, 0.3) is 0 Å². The van der Waals surface area contributed by atoms with E-state index in [1.807, 2.05) is 11.7 Å². The Labute approximate surface area is 110 Å². The minimum Gasteiger partial charge on any atom is -0.396 e. The minimum atomic E-state index is 0.196. The van der Waals surface area contributed by atoms with Crippen molar-refractivity contribution in [1.29, 1.82) is 0 Å². The zero-order chi connectivity index (χ0) is 13.1. The average molecular weight is 251 g/mol. The summed E-state index contributed by atoms with van der Waals surface area (Å²) >= 11 is 0. The number of rotatable bonds is 4. The van der Waals surface area contributed by atoms with E-state index >= 15 is 0 Å². The number of aromatic nitrogens is 2. The van der Waals surface area contributed by atoms with Crippen LogP contribution in [-0.4, -0.2) is 45.5 Å². The van der Waals surface area contributed by atoms with Gasteiger partial charge in [0.2, 0.25) is 0 Å². The molecule has 1 unspecified atom stereocenters. The Balaban J connectivity index is 2.08. The normalized spacial score (nSPS) is 21.7. The molecule has 18 heavy (non-hydrogen) atoms. The number of likely N-dealkylation sites (tertiary alicyclic amines) is 1. The molecule has 1 saturated heterocycles. The lowest BCUT2D eigenvalue weighted by Crippen LogP contribution is -2.39. The van der Waals surface area contributed by atoms with Gasteiger partial charge in [-0.15, -0.1) is 0 Å². The molecule has 0 spiro atoms. The lowest BCUT2D eigenvalue weighted by Gasteiger charge is -2.34. The highest BCUT2D eigenvalue weighted by molar-refractivity contribution is 5.16. The third kappa shape index (κ3) is 2.93. The highest BCUT2D eigenvalue weighted by Gasteiger charge is 2.25. The third-order valence-electron chi connectivity index (χ3n) is 3.96. The first-order valence-corrected chi connectivity index (χ1v) is 6.99. The van der Waals surface area contributed by atoms with Crippen LogP contribution in [0.2, 0.25) is 0 Å². The van der Waals surface area contributed by atoms with Crippen LogP contribution in [0, 0.1) is 0 Å². The van der Waals surface area contributed by atoms with Crippen LogP contribution in [0.4, 0.5) is 0 Å². The van der Waals surface area contributed by atoms with Crippen molar-refractivity contribution in [2.75, 3.05) is 19.7 Å². The summed E-state index contributed by atoms with van der Waals surface area (Å²) in [5.74, 6) is 0.555. The summed E-state index contributed by atoms with van der Waals surface area (Å²) in [5, 5.41) is 13.7. The van der Waals surface area contributed by atoms with Gasteiger partial charge in [0.15, 0.2) is 0 Å². The highest BCUT2D eigenvalue weighted by atomic mass is 16.3. The van der Waals surface area contributed by atoms with Crippen molar-refractivity contribution in [2.45, 2.75) is 45.1 Å². The van der Waals surface area contributed by atoms with Gasteiger partial charge >= 0.3 is 0 Å². The maximum Gasteiger partial charge on any atom is 0.0671 e. The van der Waals surface area contributed by atoms with Crippen molar-refractivity contribution >= 4 is 0 Å². The molecule has 0 amide bonds. The molecule has 1 aliphatic heterocycles. The fourth-order valence-corrected chi connectivity index (χ4v) is 2.80. The van der Waals surface area contributed by atoms with Crippen LogP contribution in [0.3, 0.4) is 0 Å². The maximum absolute atomic E-state index is 9.03. The zero-order valence-corrected chi connectivity index (χ0v) is 11.8. The predicted octanol–water partition coefficient (Wildman–Crippen LogP) is 1.54. The van der Waals surface area contributed by atoms with Crippen LogP contribution in [0.15, 0.2) is 6.07 Å². The van der Waals surface area contributed by atoms with E-state index < -0.39 is 0 Å². The van der Waals surface area contributed by atoms with Crippen LogP contribution in [0.25, 0.3) is 0 Å². The summed E-state index contributed by atoms with van der Waals surface area (Å²) in [6, 6.07) is 2.79. The number of hydrogen-bond donors (Lipinski definition) is 1. The Morgan fingerprint density at radius 2 is 2.28 bits per heavy atom. The second-order valence-corrected chi connectivity index (χ2v) is 5.59. The third-order valence-corrected chi connectivity index (χ3v) is 3.96. The Morgan fingerprint density at radius 3 is 2.94 bits per heavy atom. The lowest BCUT2D eigenvalue weighted by atomic mass is 9.94. The molecule has 102 valence electrons. The standard InChI is InChI=1S/C14H25N3O/c1-11(2)17-7-4-5-12(10-17)14-9-13(6-8-18)16(3)15-14/h9,11-12,18H,4-8,10H2,1-3H3. The molecule has 0 saturated carbocycles. The average Bonchev–Trinajstić information content (AvgIpc) is 2.72. The van der Waals surface area contributed by atoms with E-state index in [0.29, 0.717) is 18.4 Å². The van der Waals surface area contributed by atoms with Gasteiger partial charge in [0, 0.05) is 44.3 Å². The van der Waals surface area contributed by atoms with Gasteiger partial charge in [-0.05, 0) is 39.3 Å². The number of piperidine rings is 1. The Morgan fingerprint density at radius 1 is 1.50 bits per heavy atom. The van der Waals surface area contributed by atoms with E-state index in [0.717, 1.165) is 12.2 Å². The van der Waals surface area contributed by atoms with Gasteiger partial charge in [0.05, 0.1) is 5.69 Å². The van der Waals surface area contributed by atoms with Crippen LogP contribution < -0.4 is 0 Å². The molecule has 4 heteroatoms. The molecule has 1 atom stereocenters. The Hall–Kier alpha value is -0.870. The van der Waals surface area contributed by atoms with Gasteiger partial charge in [-0.1, -0.05) is 0 Å². The number of aliphatic hydroxyl groups excluding tert-OH is 1. The predicted molar refractivity (Wildman–Crippen MR) is 72.7 cm³/mol. The molecule has 1 aromatic rings. The van der Waals surface area contributed by atoms with Crippen LogP contribution in [0.1, 0.15) is 44.0 Å². The van der Waals surface area contributed by atoms with Gasteiger partial charge in [-0.3, -0.25) is 4.68 Å². The molecule has 0 aliphatic carbocycles. The van der Waals surface area contributed by atoms with Crippen LogP contribution >= 0.6 is 0 Å². The number of hydrogen-bond acceptors (Lipinski definition) is 3. The van der Waals surface area contributed by atoms with Gasteiger partial charge < -0.3 is 10.0 Å². The fourth-order valence-electron chi connectivity index (χ4n) is 2.80. The van der Waals surface area contributed by atoms with E-state index in [1.165, 1.54) is 25.1 Å². The van der Waals surface area contributed by atoms with Crippen molar-refractivity contribution in [3.05, 3.63) is 17.5 Å². The molecule has 0 bridgehead atoms. The first-order valence-electron chi connectivity index (χ1n) is 6.99. The van der Waals surface area contributed by atoms with E-state index in [9.17, 15) is 0 Å². The molecule has 1 aliphatic rings. The molecule has 1 N–H and O–H groups in total. The van der Waals surface area contributed by atoms with Crippen LogP contribution in [0.5, 0.6) is 0 Å². The number of aryl methyl sites for hydroxylation is 1. The van der Waals surface area contributed by atoms with Crippen molar-refractivity contribution in [1.82, 2.24) is 14.7 Å². The van der Waals surface area contributed by atoms with Gasteiger partial charge in [-0.2, -0.15) is 5.10 Å². The monoisotopic (exact) mass is 251 g/mol. The first-order chi connectivity index (χ1) is 8.61. The fraction of sp³-hybridized carbons (Fsp3) is 0.786. The van der Waals surface area contributed by atoms with E-state index in [2.05, 4.69) is 29.9 Å². The van der Waals surface area contributed by atoms with Gasteiger partial charge in [0.1, 0.15) is 0 Å². The Kier molecular flexibility index (Phi) is 4.40. The highest BCUT2D eigenvalue weighted by Crippen LogP contribution is 2.27.